The average molecular weight is 377 g/mol. The van der Waals surface area contributed by atoms with Gasteiger partial charge in [0.2, 0.25) is 0 Å². The second kappa shape index (κ2) is 6.34. The minimum absolute atomic E-state index is 0.0551. The Kier molecular flexibility index (Phi) is 4.45. The summed E-state index contributed by atoms with van der Waals surface area (Å²) in [5, 5.41) is 3.06. The van der Waals surface area contributed by atoms with E-state index in [-0.39, 0.29) is 11.3 Å². The molecule has 1 aromatic carbocycles. The number of nitrogens with one attached hydrogen (secondary N) is 2. The number of aromatic nitrogens is 1. The Hall–Kier alpha value is -1.46. The molecule has 0 unspecified atom stereocenters. The molecule has 1 heterocycles. The number of carbonyl (C=O) groups is 1. The van der Waals surface area contributed by atoms with Crippen LogP contribution in [-0.4, -0.2) is 17.4 Å². The van der Waals surface area contributed by atoms with Crippen molar-refractivity contribution < 1.29 is 4.79 Å². The van der Waals surface area contributed by atoms with E-state index in [0.29, 0.717) is 16.7 Å². The van der Waals surface area contributed by atoms with Gasteiger partial charge in [-0.05, 0) is 42.7 Å². The van der Waals surface area contributed by atoms with Gasteiger partial charge in [-0.25, -0.2) is 0 Å². The number of halogens is 1. The molecule has 0 radical (unpaired) electrons. The predicted molar refractivity (Wildman–Crippen MR) is 93.6 cm³/mol. The van der Waals surface area contributed by atoms with E-state index in [1.807, 2.05) is 6.07 Å². The van der Waals surface area contributed by atoms with Crippen molar-refractivity contribution in [2.45, 2.75) is 24.7 Å². The fourth-order valence-corrected chi connectivity index (χ4v) is 3.56. The molecule has 3 nitrogen and oxygen atoms in total. The van der Waals surface area contributed by atoms with Gasteiger partial charge in [-0.15, -0.1) is 0 Å². The van der Waals surface area contributed by atoms with Crippen LogP contribution < -0.4 is 5.32 Å². The SMILES string of the molecule is O=C(NCC1(c2cccc(Br)c2)CCC1)c1ccc[nH]c1=S. The fraction of sp³-hybridized carbons (Fsp3) is 0.294. The number of H-pyrrole nitrogens is 1. The molecule has 1 saturated carbocycles. The van der Waals surface area contributed by atoms with E-state index < -0.39 is 0 Å². The van der Waals surface area contributed by atoms with Crippen LogP contribution in [-0.2, 0) is 5.41 Å². The summed E-state index contributed by atoms with van der Waals surface area (Å²) in [6, 6.07) is 11.9. The number of hydrogen-bond acceptors (Lipinski definition) is 2. The van der Waals surface area contributed by atoms with Gasteiger partial charge in [0.1, 0.15) is 4.64 Å². The van der Waals surface area contributed by atoms with E-state index in [1.165, 1.54) is 12.0 Å². The van der Waals surface area contributed by atoms with Gasteiger partial charge in [0, 0.05) is 22.6 Å². The number of carbonyl (C=O) groups excluding carboxylic acids is 1. The van der Waals surface area contributed by atoms with Crippen molar-refractivity contribution in [1.29, 1.82) is 0 Å². The highest BCUT2D eigenvalue weighted by Crippen LogP contribution is 2.43. The van der Waals surface area contributed by atoms with Crippen LogP contribution in [0.2, 0.25) is 0 Å². The average Bonchev–Trinajstić information content (AvgIpc) is 2.46. The van der Waals surface area contributed by atoms with Gasteiger partial charge in [0.15, 0.2) is 0 Å². The highest BCUT2D eigenvalue weighted by Gasteiger charge is 2.39. The van der Waals surface area contributed by atoms with Gasteiger partial charge in [-0.2, -0.15) is 0 Å². The summed E-state index contributed by atoms with van der Waals surface area (Å²) in [5.74, 6) is -0.108. The molecule has 5 heteroatoms. The van der Waals surface area contributed by atoms with Crippen molar-refractivity contribution >= 4 is 34.1 Å². The Labute approximate surface area is 143 Å². The molecule has 22 heavy (non-hydrogen) atoms. The van der Waals surface area contributed by atoms with Crippen LogP contribution in [0.1, 0.15) is 35.2 Å². The lowest BCUT2D eigenvalue weighted by atomic mass is 9.64. The minimum Gasteiger partial charge on any atom is -0.352 e. The lowest BCUT2D eigenvalue weighted by Crippen LogP contribution is -2.45. The third kappa shape index (κ3) is 3.01. The standard InChI is InChI=1S/C17H17BrN2OS/c18-13-5-1-4-12(10-13)17(7-3-8-17)11-20-15(21)14-6-2-9-19-16(14)22/h1-2,4-6,9-10H,3,7-8,11H2,(H,19,22)(H,20,21). The van der Waals surface area contributed by atoms with Crippen LogP contribution in [0.15, 0.2) is 47.1 Å². The quantitative estimate of drug-likeness (QED) is 0.778. The molecule has 1 aliphatic carbocycles. The Balaban J connectivity index is 1.76. The van der Waals surface area contributed by atoms with Crippen molar-refractivity contribution in [3.8, 4) is 0 Å². The topological polar surface area (TPSA) is 44.9 Å². The molecule has 2 N–H and O–H groups in total. The number of benzene rings is 1. The van der Waals surface area contributed by atoms with Gasteiger partial charge < -0.3 is 10.3 Å². The summed E-state index contributed by atoms with van der Waals surface area (Å²) < 4.78 is 1.55. The molecule has 114 valence electrons. The zero-order valence-corrected chi connectivity index (χ0v) is 14.5. The molecule has 0 saturated heterocycles. The summed E-state index contributed by atoms with van der Waals surface area (Å²) in [6.07, 6.45) is 5.14. The molecule has 1 aliphatic rings. The molecule has 1 amide bonds. The third-order valence-corrected chi connectivity index (χ3v) is 5.23. The summed E-state index contributed by atoms with van der Waals surface area (Å²) in [7, 11) is 0. The molecule has 0 spiro atoms. The molecule has 1 aromatic heterocycles. The third-order valence-electron chi connectivity index (χ3n) is 4.40. The number of aromatic amines is 1. The molecule has 0 atom stereocenters. The maximum absolute atomic E-state index is 12.3. The summed E-state index contributed by atoms with van der Waals surface area (Å²) in [5.41, 5.74) is 1.87. The molecule has 2 aromatic rings. The second-order valence-electron chi connectivity index (χ2n) is 5.74. The monoisotopic (exact) mass is 376 g/mol. The Morgan fingerprint density at radius 1 is 1.32 bits per heavy atom. The van der Waals surface area contributed by atoms with Crippen molar-refractivity contribution in [3.05, 3.63) is 62.8 Å². The highest BCUT2D eigenvalue weighted by molar-refractivity contribution is 9.10. The molecule has 1 fully saturated rings. The first kappa shape index (κ1) is 15.4. The molecule has 0 bridgehead atoms. The highest BCUT2D eigenvalue weighted by atomic mass is 79.9. The molecular formula is C17H17BrN2OS. The lowest BCUT2D eigenvalue weighted by molar-refractivity contribution is 0.0927. The maximum Gasteiger partial charge on any atom is 0.254 e. The minimum atomic E-state index is -0.108. The van der Waals surface area contributed by atoms with Crippen LogP contribution in [0.25, 0.3) is 0 Å². The first-order chi connectivity index (χ1) is 10.6. The fourth-order valence-electron chi connectivity index (χ4n) is 2.93. The van der Waals surface area contributed by atoms with E-state index in [9.17, 15) is 4.79 Å². The second-order valence-corrected chi connectivity index (χ2v) is 7.06. The lowest BCUT2D eigenvalue weighted by Gasteiger charge is -2.42. The van der Waals surface area contributed by atoms with Crippen LogP contribution in [0.4, 0.5) is 0 Å². The van der Waals surface area contributed by atoms with Gasteiger partial charge in [0.25, 0.3) is 5.91 Å². The smallest absolute Gasteiger partial charge is 0.254 e. The van der Waals surface area contributed by atoms with E-state index in [4.69, 9.17) is 12.2 Å². The van der Waals surface area contributed by atoms with E-state index in [1.54, 1.807) is 18.3 Å². The van der Waals surface area contributed by atoms with Crippen molar-refractivity contribution in [1.82, 2.24) is 10.3 Å². The molecular weight excluding hydrogens is 360 g/mol. The van der Waals surface area contributed by atoms with Crippen LogP contribution in [0, 0.1) is 4.64 Å². The first-order valence-corrected chi connectivity index (χ1v) is 8.53. The Morgan fingerprint density at radius 2 is 2.14 bits per heavy atom. The predicted octanol–water partition coefficient (Wildman–Crippen LogP) is 4.36. The largest absolute Gasteiger partial charge is 0.352 e. The molecule has 0 aliphatic heterocycles. The Morgan fingerprint density at radius 3 is 2.77 bits per heavy atom. The van der Waals surface area contributed by atoms with Crippen LogP contribution in [0.5, 0.6) is 0 Å². The van der Waals surface area contributed by atoms with Crippen molar-refractivity contribution in [2.75, 3.05) is 6.54 Å². The van der Waals surface area contributed by atoms with E-state index in [2.05, 4.69) is 44.4 Å². The van der Waals surface area contributed by atoms with Crippen LogP contribution in [0.3, 0.4) is 0 Å². The summed E-state index contributed by atoms with van der Waals surface area (Å²) in [6.45, 7) is 0.645. The van der Waals surface area contributed by atoms with E-state index >= 15 is 0 Å². The number of hydrogen-bond donors (Lipinski definition) is 2. The zero-order chi connectivity index (χ0) is 15.6. The zero-order valence-electron chi connectivity index (χ0n) is 12.1. The van der Waals surface area contributed by atoms with Crippen LogP contribution >= 0.6 is 28.1 Å². The van der Waals surface area contributed by atoms with E-state index in [0.717, 1.165) is 17.3 Å². The summed E-state index contributed by atoms with van der Waals surface area (Å²) >= 11 is 8.70. The van der Waals surface area contributed by atoms with Gasteiger partial charge in [0.05, 0.1) is 5.56 Å². The Bertz CT molecular complexity index is 752. The normalized spacial score (nSPS) is 15.9. The van der Waals surface area contributed by atoms with Gasteiger partial charge in [-0.1, -0.05) is 46.7 Å². The van der Waals surface area contributed by atoms with Crippen molar-refractivity contribution in [3.63, 3.8) is 0 Å². The number of pyridine rings is 1. The number of rotatable bonds is 4. The number of amides is 1. The van der Waals surface area contributed by atoms with Crippen molar-refractivity contribution in [2.24, 2.45) is 0 Å². The maximum atomic E-state index is 12.3. The van der Waals surface area contributed by atoms with Gasteiger partial charge in [-0.3, -0.25) is 4.79 Å². The van der Waals surface area contributed by atoms with Gasteiger partial charge >= 0.3 is 0 Å². The first-order valence-electron chi connectivity index (χ1n) is 7.33. The molecule has 3 rings (SSSR count). The summed E-state index contributed by atoms with van der Waals surface area (Å²) in [4.78, 5) is 15.2.